The van der Waals surface area contributed by atoms with Crippen LogP contribution in [0, 0.1) is 0 Å². The molecule has 0 N–H and O–H groups in total. The van der Waals surface area contributed by atoms with Crippen LogP contribution in [0.1, 0.15) is 25.0 Å². The van der Waals surface area contributed by atoms with Crippen molar-refractivity contribution in [3.63, 3.8) is 0 Å². The molecule has 1 nitrogen and oxygen atoms in total. The molecule has 0 fully saturated rings. The maximum absolute atomic E-state index is 2.51. The SMILES string of the molecule is CC1(C)c2cc(-c3cc4ccccc4c4ccccc34)ccc2-c2ccc(N(c3ccccc3-c3ccccc3)c3cccc4c3sc3ccccc34)cc21. The Bertz CT molecular complexity index is 3130. The molecule has 1 aliphatic carbocycles. The van der Waals surface area contributed by atoms with Crippen LogP contribution in [0.25, 0.3) is 75.1 Å². The van der Waals surface area contributed by atoms with Gasteiger partial charge in [0.2, 0.25) is 0 Å². The van der Waals surface area contributed by atoms with Crippen molar-refractivity contribution in [1.29, 1.82) is 0 Å². The minimum Gasteiger partial charge on any atom is -0.308 e. The van der Waals surface area contributed by atoms with E-state index in [9.17, 15) is 0 Å². The summed E-state index contributed by atoms with van der Waals surface area (Å²) in [6.07, 6.45) is 0. The smallest absolute Gasteiger partial charge is 0.0640 e. The highest BCUT2D eigenvalue weighted by Gasteiger charge is 2.37. The lowest BCUT2D eigenvalue weighted by molar-refractivity contribution is 0.660. The number of benzene rings is 9. The summed E-state index contributed by atoms with van der Waals surface area (Å²) in [5.74, 6) is 0. The van der Waals surface area contributed by atoms with Crippen LogP contribution in [-0.4, -0.2) is 0 Å². The van der Waals surface area contributed by atoms with Crippen LogP contribution in [0.2, 0.25) is 0 Å². The van der Waals surface area contributed by atoms with Crippen molar-refractivity contribution >= 4 is 70.1 Å². The molecule has 260 valence electrons. The Kier molecular flexibility index (Phi) is 7.14. The van der Waals surface area contributed by atoms with E-state index in [2.05, 4.69) is 207 Å². The lowest BCUT2D eigenvalue weighted by atomic mass is 9.81. The molecule has 11 rings (SSSR count). The van der Waals surface area contributed by atoms with Crippen LogP contribution in [0.15, 0.2) is 188 Å². The van der Waals surface area contributed by atoms with Crippen LogP contribution in [0.4, 0.5) is 17.1 Å². The summed E-state index contributed by atoms with van der Waals surface area (Å²) >= 11 is 1.88. The summed E-state index contributed by atoms with van der Waals surface area (Å²) < 4.78 is 2.60. The van der Waals surface area contributed by atoms with E-state index in [1.807, 2.05) is 11.3 Å². The number of para-hydroxylation sites is 1. The summed E-state index contributed by atoms with van der Waals surface area (Å²) in [5, 5.41) is 7.76. The van der Waals surface area contributed by atoms with Crippen LogP contribution >= 0.6 is 11.3 Å². The van der Waals surface area contributed by atoms with Crippen molar-refractivity contribution in [2.45, 2.75) is 19.3 Å². The van der Waals surface area contributed by atoms with E-state index in [0.717, 1.165) is 11.4 Å². The van der Waals surface area contributed by atoms with Crippen molar-refractivity contribution in [2.75, 3.05) is 4.90 Å². The van der Waals surface area contributed by atoms with Gasteiger partial charge in [0.05, 0.1) is 16.1 Å². The van der Waals surface area contributed by atoms with Gasteiger partial charge in [-0.05, 0) is 103 Å². The standard InChI is InChI=1S/C53H37NS/c1-53(2)47-32-36(46-31-35-17-6-7-18-38(35)40-20-8-9-21-41(40)46)27-29-42(47)43-30-28-37(33-48(43)53)54(49-24-12-10-19-39(49)34-15-4-3-5-16-34)50-25-14-23-45-44-22-11-13-26-51(44)55-52(45)50/h3-33H,1-2H3. The molecule has 1 heterocycles. The van der Waals surface area contributed by atoms with E-state index in [4.69, 9.17) is 0 Å². The first-order chi connectivity index (χ1) is 27.0. The van der Waals surface area contributed by atoms with Gasteiger partial charge in [0, 0.05) is 32.1 Å². The first kappa shape index (κ1) is 32.0. The molecule has 0 saturated carbocycles. The highest BCUT2D eigenvalue weighted by molar-refractivity contribution is 7.26. The predicted molar refractivity (Wildman–Crippen MR) is 237 cm³/mol. The molecule has 1 aliphatic rings. The molecule has 9 aromatic carbocycles. The van der Waals surface area contributed by atoms with Crippen molar-refractivity contribution < 1.29 is 0 Å². The fourth-order valence-electron chi connectivity index (χ4n) is 9.17. The van der Waals surface area contributed by atoms with Gasteiger partial charge in [0.1, 0.15) is 0 Å². The lowest BCUT2D eigenvalue weighted by Gasteiger charge is -2.30. The molecule has 0 amide bonds. The zero-order valence-corrected chi connectivity index (χ0v) is 31.6. The van der Waals surface area contributed by atoms with E-state index >= 15 is 0 Å². The fraction of sp³-hybridized carbons (Fsp3) is 0.0566. The lowest BCUT2D eigenvalue weighted by Crippen LogP contribution is -2.17. The highest BCUT2D eigenvalue weighted by atomic mass is 32.1. The minimum atomic E-state index is -0.211. The maximum Gasteiger partial charge on any atom is 0.0640 e. The van der Waals surface area contributed by atoms with Gasteiger partial charge in [-0.2, -0.15) is 0 Å². The van der Waals surface area contributed by atoms with Crippen molar-refractivity contribution in [2.24, 2.45) is 0 Å². The van der Waals surface area contributed by atoms with Gasteiger partial charge in [-0.25, -0.2) is 0 Å². The third-order valence-electron chi connectivity index (χ3n) is 11.9. The van der Waals surface area contributed by atoms with E-state index in [0.29, 0.717) is 0 Å². The predicted octanol–water partition coefficient (Wildman–Crippen LogP) is 15.5. The molecule has 0 aliphatic heterocycles. The second-order valence-corrected chi connectivity index (χ2v) is 16.3. The van der Waals surface area contributed by atoms with Crippen LogP contribution < -0.4 is 4.90 Å². The second kappa shape index (κ2) is 12.3. The summed E-state index contributed by atoms with van der Waals surface area (Å²) in [6.45, 7) is 4.80. The molecular formula is C53H37NS. The second-order valence-electron chi connectivity index (χ2n) is 15.3. The van der Waals surface area contributed by atoms with Gasteiger partial charge in [-0.3, -0.25) is 0 Å². The van der Waals surface area contributed by atoms with Gasteiger partial charge < -0.3 is 4.90 Å². The minimum absolute atomic E-state index is 0.211. The Balaban J connectivity index is 1.10. The summed E-state index contributed by atoms with van der Waals surface area (Å²) in [6, 6.07) is 69.6. The Morgan fingerprint density at radius 1 is 0.400 bits per heavy atom. The van der Waals surface area contributed by atoms with E-state index in [-0.39, 0.29) is 5.41 Å². The topological polar surface area (TPSA) is 3.24 Å². The first-order valence-corrected chi connectivity index (χ1v) is 19.9. The molecule has 0 unspecified atom stereocenters. The molecule has 0 radical (unpaired) electrons. The van der Waals surface area contributed by atoms with Gasteiger partial charge in [0.15, 0.2) is 0 Å². The summed E-state index contributed by atoms with van der Waals surface area (Å²) in [4.78, 5) is 2.51. The van der Waals surface area contributed by atoms with E-state index in [1.54, 1.807) is 0 Å². The maximum atomic E-state index is 2.51. The number of nitrogens with zero attached hydrogens (tertiary/aromatic N) is 1. The van der Waals surface area contributed by atoms with Gasteiger partial charge in [-0.1, -0.05) is 159 Å². The molecule has 1 aromatic heterocycles. The number of anilines is 3. The highest BCUT2D eigenvalue weighted by Crippen LogP contribution is 2.53. The van der Waals surface area contributed by atoms with Crippen LogP contribution in [0.3, 0.4) is 0 Å². The van der Waals surface area contributed by atoms with Gasteiger partial charge in [-0.15, -0.1) is 11.3 Å². The van der Waals surface area contributed by atoms with Crippen molar-refractivity contribution in [1.82, 2.24) is 0 Å². The third kappa shape index (κ3) is 4.92. The Hall–Kier alpha value is -6.48. The molecular weight excluding hydrogens is 683 g/mol. The summed E-state index contributed by atoms with van der Waals surface area (Å²) in [5.41, 5.74) is 13.6. The Morgan fingerprint density at radius 2 is 1.04 bits per heavy atom. The zero-order valence-electron chi connectivity index (χ0n) is 30.8. The summed E-state index contributed by atoms with van der Waals surface area (Å²) in [7, 11) is 0. The number of hydrogen-bond donors (Lipinski definition) is 0. The fourth-order valence-corrected chi connectivity index (χ4v) is 10.4. The third-order valence-corrected chi connectivity index (χ3v) is 13.1. The quantitative estimate of drug-likeness (QED) is 0.160. The number of thiophene rings is 1. The van der Waals surface area contributed by atoms with E-state index in [1.165, 1.54) is 91.9 Å². The molecule has 0 atom stereocenters. The first-order valence-electron chi connectivity index (χ1n) is 19.1. The molecule has 0 bridgehead atoms. The van der Waals surface area contributed by atoms with Gasteiger partial charge >= 0.3 is 0 Å². The number of rotatable bonds is 5. The molecule has 10 aromatic rings. The average molecular weight is 720 g/mol. The molecule has 0 spiro atoms. The monoisotopic (exact) mass is 719 g/mol. The average Bonchev–Trinajstić information content (AvgIpc) is 3.73. The molecule has 0 saturated heterocycles. The van der Waals surface area contributed by atoms with Crippen LogP contribution in [-0.2, 0) is 5.41 Å². The Morgan fingerprint density at radius 3 is 1.89 bits per heavy atom. The molecule has 2 heteroatoms. The van der Waals surface area contributed by atoms with Gasteiger partial charge in [0.25, 0.3) is 0 Å². The zero-order chi connectivity index (χ0) is 36.7. The molecule has 55 heavy (non-hydrogen) atoms. The number of fused-ring (bicyclic) bond motifs is 9. The largest absolute Gasteiger partial charge is 0.308 e. The van der Waals surface area contributed by atoms with E-state index < -0.39 is 0 Å². The van der Waals surface area contributed by atoms with Crippen LogP contribution in [0.5, 0.6) is 0 Å². The normalized spacial score (nSPS) is 13.1. The Labute approximate surface area is 325 Å². The van der Waals surface area contributed by atoms with Crippen molar-refractivity contribution in [3.05, 3.63) is 199 Å². The number of hydrogen-bond acceptors (Lipinski definition) is 2. The van der Waals surface area contributed by atoms with Crippen molar-refractivity contribution in [3.8, 4) is 33.4 Å².